The molecule has 0 aromatic heterocycles. The van der Waals surface area contributed by atoms with Crippen molar-refractivity contribution >= 4 is 35.5 Å². The quantitative estimate of drug-likeness (QED) is 0.622. The normalized spacial score (nSPS) is 12.7. The summed E-state index contributed by atoms with van der Waals surface area (Å²) in [6.07, 6.45) is 2.76. The average Bonchev–Trinajstić information content (AvgIpc) is 2.40. The van der Waals surface area contributed by atoms with Crippen molar-refractivity contribution in [1.29, 1.82) is 0 Å². The number of esters is 2. The van der Waals surface area contributed by atoms with E-state index in [0.29, 0.717) is 24.7 Å². The number of thioether (sulfide) groups is 2. The topological polar surface area (TPSA) is 98.9 Å². The number of hydrogen-bond donors (Lipinski definition) is 2. The molecule has 2 atom stereocenters. The predicted molar refractivity (Wildman–Crippen MR) is 84.0 cm³/mol. The highest BCUT2D eigenvalue weighted by molar-refractivity contribution is 7.98. The maximum Gasteiger partial charge on any atom is 0.335 e. The summed E-state index contributed by atoms with van der Waals surface area (Å²) >= 11 is 2.95. The van der Waals surface area contributed by atoms with Gasteiger partial charge in [0, 0.05) is 11.5 Å². The van der Waals surface area contributed by atoms with Crippen LogP contribution in [0.5, 0.6) is 0 Å². The van der Waals surface area contributed by atoms with Crippen LogP contribution in [0, 0.1) is 0 Å². The molecule has 0 bridgehead atoms. The number of aliphatic hydroxyl groups excluding tert-OH is 1. The summed E-state index contributed by atoms with van der Waals surface area (Å²) in [5.74, 6) is 0.186. The van der Waals surface area contributed by atoms with Crippen molar-refractivity contribution in [3.05, 3.63) is 0 Å². The minimum absolute atomic E-state index is 0.308. The molecule has 0 unspecified atom stereocenters. The molecule has 0 aliphatic carbocycles. The zero-order chi connectivity index (χ0) is 16.0. The Kier molecular flexibility index (Phi) is 16.3. The van der Waals surface area contributed by atoms with Gasteiger partial charge < -0.3 is 20.3 Å². The second-order valence-corrected chi connectivity index (χ2v) is 5.36. The van der Waals surface area contributed by atoms with E-state index < -0.39 is 18.1 Å². The van der Waals surface area contributed by atoms with Gasteiger partial charge in [0.1, 0.15) is 6.04 Å². The van der Waals surface area contributed by atoms with Crippen molar-refractivity contribution in [1.82, 2.24) is 0 Å². The van der Waals surface area contributed by atoms with E-state index in [2.05, 4.69) is 9.47 Å². The van der Waals surface area contributed by atoms with Crippen molar-refractivity contribution in [2.45, 2.75) is 26.0 Å². The molecule has 0 aliphatic heterocycles. The fourth-order valence-corrected chi connectivity index (χ4v) is 1.91. The minimum Gasteiger partial charge on any atom is -0.465 e. The smallest absolute Gasteiger partial charge is 0.335 e. The molecule has 0 fully saturated rings. The minimum atomic E-state index is -0.963. The second kappa shape index (κ2) is 15.0. The van der Waals surface area contributed by atoms with E-state index in [9.17, 15) is 9.59 Å². The van der Waals surface area contributed by atoms with Crippen LogP contribution in [-0.2, 0) is 19.1 Å². The molecule has 0 saturated carbocycles. The van der Waals surface area contributed by atoms with Crippen LogP contribution in [0.15, 0.2) is 0 Å². The summed E-state index contributed by atoms with van der Waals surface area (Å²) in [6.45, 7) is 4.21. The maximum atomic E-state index is 10.8. The largest absolute Gasteiger partial charge is 0.465 e. The Bertz CT molecular complexity index is 240. The Morgan fingerprint density at radius 1 is 1.05 bits per heavy atom. The SMILES string of the molecule is CCOC(=O)[C@H](N)CSC.CCOC(=O)[C@H](O)CSC. The first kappa shape index (κ1) is 21.9. The fourth-order valence-electron chi connectivity index (χ4n) is 0.961. The summed E-state index contributed by atoms with van der Waals surface area (Å²) in [5.41, 5.74) is 5.42. The Balaban J connectivity index is 0. The van der Waals surface area contributed by atoms with Gasteiger partial charge in [0.05, 0.1) is 13.2 Å². The number of ether oxygens (including phenoxy) is 2. The van der Waals surface area contributed by atoms with E-state index in [4.69, 9.17) is 10.8 Å². The Labute approximate surface area is 129 Å². The van der Waals surface area contributed by atoms with E-state index in [-0.39, 0.29) is 5.97 Å². The third-order valence-corrected chi connectivity index (χ3v) is 3.16. The first-order valence-electron chi connectivity index (χ1n) is 6.19. The molecular weight excluding hydrogens is 302 g/mol. The van der Waals surface area contributed by atoms with Gasteiger partial charge in [-0.15, -0.1) is 0 Å². The van der Waals surface area contributed by atoms with Gasteiger partial charge in [-0.25, -0.2) is 4.79 Å². The highest BCUT2D eigenvalue weighted by atomic mass is 32.2. The third kappa shape index (κ3) is 12.6. The van der Waals surface area contributed by atoms with Crippen molar-refractivity contribution in [2.24, 2.45) is 5.73 Å². The van der Waals surface area contributed by atoms with Crippen LogP contribution in [0.3, 0.4) is 0 Å². The molecule has 0 heterocycles. The molecule has 8 heteroatoms. The van der Waals surface area contributed by atoms with Crippen molar-refractivity contribution in [3.8, 4) is 0 Å². The van der Waals surface area contributed by atoms with Crippen molar-refractivity contribution in [3.63, 3.8) is 0 Å². The fraction of sp³-hybridized carbons (Fsp3) is 0.833. The number of aliphatic hydroxyl groups is 1. The van der Waals surface area contributed by atoms with Gasteiger partial charge in [-0.1, -0.05) is 0 Å². The number of hydrogen-bond acceptors (Lipinski definition) is 8. The van der Waals surface area contributed by atoms with Gasteiger partial charge in [-0.3, -0.25) is 4.79 Å². The van der Waals surface area contributed by atoms with Gasteiger partial charge in [0.25, 0.3) is 0 Å². The highest BCUT2D eigenvalue weighted by Gasteiger charge is 2.14. The molecule has 0 rings (SSSR count). The zero-order valence-corrected chi connectivity index (χ0v) is 14.1. The summed E-state index contributed by atoms with van der Waals surface area (Å²) in [4.78, 5) is 21.4. The monoisotopic (exact) mass is 327 g/mol. The van der Waals surface area contributed by atoms with Crippen molar-refractivity contribution < 1.29 is 24.2 Å². The number of nitrogens with two attached hydrogens (primary N) is 1. The van der Waals surface area contributed by atoms with Crippen LogP contribution >= 0.6 is 23.5 Å². The second-order valence-electron chi connectivity index (χ2n) is 3.54. The van der Waals surface area contributed by atoms with Crippen LogP contribution in [0.1, 0.15) is 13.8 Å². The summed E-state index contributed by atoms with van der Waals surface area (Å²) in [7, 11) is 0. The predicted octanol–water partition coefficient (Wildman–Crippen LogP) is 0.513. The zero-order valence-electron chi connectivity index (χ0n) is 12.5. The maximum absolute atomic E-state index is 10.8. The van der Waals surface area contributed by atoms with E-state index in [0.717, 1.165) is 0 Å². The molecule has 0 spiro atoms. The lowest BCUT2D eigenvalue weighted by atomic mass is 10.4. The lowest BCUT2D eigenvalue weighted by molar-refractivity contribution is -0.151. The average molecular weight is 327 g/mol. The summed E-state index contributed by atoms with van der Waals surface area (Å²) in [5, 5.41) is 8.95. The number of carbonyl (C=O) groups excluding carboxylic acids is 2. The first-order valence-corrected chi connectivity index (χ1v) is 8.97. The van der Waals surface area contributed by atoms with Crippen LogP contribution in [-0.4, -0.2) is 66.4 Å². The Hall–Kier alpha value is -0.440. The number of rotatable bonds is 8. The lowest BCUT2D eigenvalue weighted by Crippen LogP contribution is -2.34. The molecule has 3 N–H and O–H groups in total. The standard InChI is InChI=1S/C6H13NO2S.C6H12O3S/c2*1-3-9-6(8)5(7)4-10-2/h5H,3-4,7H2,1-2H3;5,7H,3-4H2,1-2H3/t2*5-/m11/s1. The van der Waals surface area contributed by atoms with E-state index in [1.165, 1.54) is 23.5 Å². The highest BCUT2D eigenvalue weighted by Crippen LogP contribution is 1.98. The molecule has 0 amide bonds. The van der Waals surface area contributed by atoms with Gasteiger partial charge in [0.15, 0.2) is 6.10 Å². The summed E-state index contributed by atoms with van der Waals surface area (Å²) < 4.78 is 9.23. The lowest BCUT2D eigenvalue weighted by Gasteiger charge is -2.07. The molecule has 0 radical (unpaired) electrons. The molecule has 20 heavy (non-hydrogen) atoms. The van der Waals surface area contributed by atoms with Crippen LogP contribution in [0.25, 0.3) is 0 Å². The van der Waals surface area contributed by atoms with Gasteiger partial charge in [0.2, 0.25) is 0 Å². The Morgan fingerprint density at radius 3 is 1.90 bits per heavy atom. The van der Waals surface area contributed by atoms with E-state index >= 15 is 0 Å². The molecule has 120 valence electrons. The molecule has 0 aromatic rings. The van der Waals surface area contributed by atoms with Crippen LogP contribution < -0.4 is 5.73 Å². The van der Waals surface area contributed by atoms with Crippen LogP contribution in [0.4, 0.5) is 0 Å². The number of carbonyl (C=O) groups is 2. The summed E-state index contributed by atoms with van der Waals surface area (Å²) in [6, 6.07) is -0.463. The molecule has 0 aromatic carbocycles. The van der Waals surface area contributed by atoms with Crippen LogP contribution in [0.2, 0.25) is 0 Å². The Morgan fingerprint density at radius 2 is 1.50 bits per heavy atom. The molecule has 0 aliphatic rings. The molecule has 0 saturated heterocycles. The molecular formula is C12H25NO5S2. The van der Waals surface area contributed by atoms with Gasteiger partial charge in [-0.05, 0) is 26.4 Å². The van der Waals surface area contributed by atoms with E-state index in [1.807, 2.05) is 12.5 Å². The van der Waals surface area contributed by atoms with Crippen molar-refractivity contribution in [2.75, 3.05) is 37.2 Å². The first-order chi connectivity index (χ1) is 9.44. The van der Waals surface area contributed by atoms with Gasteiger partial charge in [-0.2, -0.15) is 23.5 Å². The van der Waals surface area contributed by atoms with Gasteiger partial charge >= 0.3 is 11.9 Å². The van der Waals surface area contributed by atoms with E-state index in [1.54, 1.807) is 13.8 Å². The third-order valence-electron chi connectivity index (χ3n) is 1.82. The molecule has 6 nitrogen and oxygen atoms in total.